The molecule has 1 atom stereocenters. The van der Waals surface area contributed by atoms with Gasteiger partial charge in [-0.15, -0.1) is 11.3 Å². The van der Waals surface area contributed by atoms with Crippen LogP contribution in [0.4, 0.5) is 10.2 Å². The lowest BCUT2D eigenvalue weighted by atomic mass is 10.1. The van der Waals surface area contributed by atoms with Crippen molar-refractivity contribution < 1.29 is 9.18 Å². The number of carbonyl (C=O) groups is 1. The van der Waals surface area contributed by atoms with Gasteiger partial charge in [0.25, 0.3) is 5.56 Å². The summed E-state index contributed by atoms with van der Waals surface area (Å²) < 4.78 is 16.2. The Kier molecular flexibility index (Phi) is 5.47. The number of piperidine rings is 1. The molecule has 152 valence electrons. The Labute approximate surface area is 172 Å². The smallest absolute Gasteiger partial charge is 0.259 e. The van der Waals surface area contributed by atoms with Gasteiger partial charge in [0.1, 0.15) is 12.0 Å². The molecule has 0 aliphatic carbocycles. The summed E-state index contributed by atoms with van der Waals surface area (Å²) in [5.41, 5.74) is 1.73. The summed E-state index contributed by atoms with van der Waals surface area (Å²) in [6.45, 7) is 3.41. The Morgan fingerprint density at radius 3 is 3.00 bits per heavy atom. The first-order valence-corrected chi connectivity index (χ1v) is 10.4. The highest BCUT2D eigenvalue weighted by molar-refractivity contribution is 7.19. The van der Waals surface area contributed by atoms with Gasteiger partial charge in [-0.3, -0.25) is 14.5 Å². The third-order valence-corrected chi connectivity index (χ3v) is 6.26. The van der Waals surface area contributed by atoms with Gasteiger partial charge in [-0.05, 0) is 43.1 Å². The number of aryl methyl sites for hydroxylation is 1. The average Bonchev–Trinajstić information content (AvgIpc) is 3.08. The monoisotopic (exact) mass is 414 g/mol. The quantitative estimate of drug-likeness (QED) is 0.709. The van der Waals surface area contributed by atoms with Gasteiger partial charge in [0.2, 0.25) is 5.91 Å². The van der Waals surface area contributed by atoms with Crippen molar-refractivity contribution in [1.29, 1.82) is 0 Å². The number of hydrogen-bond donors (Lipinski definition) is 1. The van der Waals surface area contributed by atoms with E-state index in [0.29, 0.717) is 30.7 Å². The Morgan fingerprint density at radius 2 is 2.24 bits per heavy atom. The van der Waals surface area contributed by atoms with Crippen molar-refractivity contribution in [2.75, 3.05) is 18.4 Å². The molecule has 1 fully saturated rings. The van der Waals surface area contributed by atoms with Crippen LogP contribution in [0.1, 0.15) is 24.6 Å². The molecule has 8 heteroatoms. The number of nitrogens with zero attached hydrogens (tertiary/aromatic N) is 3. The molecule has 3 aromatic heterocycles. The summed E-state index contributed by atoms with van der Waals surface area (Å²) in [6.07, 6.45) is 4.18. The summed E-state index contributed by atoms with van der Waals surface area (Å²) >= 11 is 1.57. The minimum atomic E-state index is -0.773. The summed E-state index contributed by atoms with van der Waals surface area (Å²) in [5.74, 6) is 0.280. The third-order valence-electron chi connectivity index (χ3n) is 5.10. The normalized spacial score (nSPS) is 17.6. The van der Waals surface area contributed by atoms with E-state index in [1.54, 1.807) is 35.2 Å². The fourth-order valence-corrected chi connectivity index (χ4v) is 5.02. The van der Waals surface area contributed by atoms with Crippen LogP contribution in [-0.2, 0) is 18.4 Å². The highest BCUT2D eigenvalue weighted by Gasteiger charge is 2.21. The molecule has 0 spiro atoms. The molecule has 3 aromatic rings. The molecular formula is C21H23FN4O2S. The van der Waals surface area contributed by atoms with Crippen molar-refractivity contribution in [2.24, 2.45) is 7.05 Å². The van der Waals surface area contributed by atoms with E-state index in [1.165, 1.54) is 6.92 Å². The highest BCUT2D eigenvalue weighted by atomic mass is 32.1. The number of rotatable bonds is 4. The largest absolute Gasteiger partial charge is 0.317 e. The van der Waals surface area contributed by atoms with Gasteiger partial charge in [0, 0.05) is 54.6 Å². The molecular weight excluding hydrogens is 391 g/mol. The lowest BCUT2D eigenvalue weighted by Gasteiger charge is -2.28. The van der Waals surface area contributed by atoms with Gasteiger partial charge in [-0.2, -0.15) is 0 Å². The highest BCUT2D eigenvalue weighted by Crippen LogP contribution is 2.34. The van der Waals surface area contributed by atoms with E-state index in [4.69, 9.17) is 0 Å². The number of likely N-dealkylation sites (tertiary alicyclic amines) is 1. The van der Waals surface area contributed by atoms with Gasteiger partial charge in [-0.1, -0.05) is 0 Å². The maximum Gasteiger partial charge on any atom is 0.259 e. The van der Waals surface area contributed by atoms with E-state index in [0.717, 1.165) is 33.7 Å². The van der Waals surface area contributed by atoms with E-state index in [-0.39, 0.29) is 11.5 Å². The number of pyridine rings is 2. The zero-order valence-electron chi connectivity index (χ0n) is 16.4. The number of fused-ring (bicyclic) bond motifs is 1. The summed E-state index contributed by atoms with van der Waals surface area (Å²) in [6, 6.07) is 5.60. The predicted octanol–water partition coefficient (Wildman–Crippen LogP) is 3.55. The number of alkyl halides is 1. The second-order valence-electron chi connectivity index (χ2n) is 7.50. The molecule has 29 heavy (non-hydrogen) atoms. The molecule has 0 unspecified atom stereocenters. The van der Waals surface area contributed by atoms with Crippen LogP contribution in [0.5, 0.6) is 0 Å². The van der Waals surface area contributed by atoms with E-state index >= 15 is 0 Å². The topological polar surface area (TPSA) is 67.2 Å². The van der Waals surface area contributed by atoms with Crippen LogP contribution in [-0.4, -0.2) is 39.6 Å². The molecule has 6 nitrogen and oxygen atoms in total. The Hall–Kier alpha value is -2.58. The number of carbonyl (C=O) groups excluding carboxylic acids is 1. The van der Waals surface area contributed by atoms with Crippen molar-refractivity contribution in [2.45, 2.75) is 32.5 Å². The first kappa shape index (κ1) is 19.7. The first-order chi connectivity index (χ1) is 13.9. The zero-order valence-corrected chi connectivity index (χ0v) is 17.3. The summed E-state index contributed by atoms with van der Waals surface area (Å²) in [4.78, 5) is 31.4. The maximum atomic E-state index is 13.7. The zero-order chi connectivity index (χ0) is 20.5. The molecule has 0 aromatic carbocycles. The van der Waals surface area contributed by atoms with Crippen molar-refractivity contribution in [3.63, 3.8) is 0 Å². The lowest BCUT2D eigenvalue weighted by molar-refractivity contribution is -0.114. The third kappa shape index (κ3) is 4.23. The van der Waals surface area contributed by atoms with Crippen molar-refractivity contribution >= 4 is 33.1 Å². The summed E-state index contributed by atoms with van der Waals surface area (Å²) in [7, 11) is 1.73. The fraction of sp³-hybridized carbons (Fsp3) is 0.381. The summed E-state index contributed by atoms with van der Waals surface area (Å²) in [5, 5.41) is 3.36. The van der Waals surface area contributed by atoms with Gasteiger partial charge >= 0.3 is 0 Å². The molecule has 0 radical (unpaired) electrons. The molecule has 1 saturated heterocycles. The number of halogens is 1. The van der Waals surface area contributed by atoms with Gasteiger partial charge in [-0.25, -0.2) is 9.37 Å². The minimum Gasteiger partial charge on any atom is -0.317 e. The Balaban J connectivity index is 1.75. The number of nitrogens with one attached hydrogen (secondary N) is 1. The number of hydrogen-bond acceptors (Lipinski definition) is 5. The Morgan fingerprint density at radius 1 is 1.41 bits per heavy atom. The van der Waals surface area contributed by atoms with Crippen molar-refractivity contribution in [3.05, 3.63) is 45.8 Å². The van der Waals surface area contributed by atoms with Crippen LogP contribution in [0, 0.1) is 0 Å². The SMILES string of the molecule is CC(=O)Nc1cc(-c2cn(C)c(=O)c3cc(CN4CCC[C@@H](F)C4)sc23)ccn1. The van der Waals surface area contributed by atoms with E-state index in [2.05, 4.69) is 15.2 Å². The standard InChI is InChI=1S/C21H23FN4O2S/c1-13(27)24-19-8-14(5-6-23-19)18-12-25(2)21(28)17-9-16(29-20(17)18)11-26-7-3-4-15(22)10-26/h5-6,8-9,12,15H,3-4,7,10-11H2,1-2H3,(H,23,24,27)/t15-/m1/s1. The van der Waals surface area contributed by atoms with Crippen LogP contribution in [0.25, 0.3) is 21.2 Å². The molecule has 1 aliphatic heterocycles. The minimum absolute atomic E-state index is 0.0515. The molecule has 1 aliphatic rings. The lowest BCUT2D eigenvalue weighted by Crippen LogP contribution is -2.35. The number of amides is 1. The Bertz CT molecular complexity index is 1120. The van der Waals surface area contributed by atoms with Crippen LogP contribution in [0.2, 0.25) is 0 Å². The van der Waals surface area contributed by atoms with Crippen LogP contribution < -0.4 is 10.9 Å². The maximum absolute atomic E-state index is 13.7. The number of aromatic nitrogens is 2. The molecule has 0 bridgehead atoms. The van der Waals surface area contributed by atoms with Gasteiger partial charge in [0.05, 0.1) is 5.39 Å². The van der Waals surface area contributed by atoms with Gasteiger partial charge in [0.15, 0.2) is 0 Å². The molecule has 4 heterocycles. The van der Waals surface area contributed by atoms with Crippen molar-refractivity contribution in [1.82, 2.24) is 14.5 Å². The second kappa shape index (κ2) is 8.04. The fourth-order valence-electron chi connectivity index (χ4n) is 3.80. The molecule has 0 saturated carbocycles. The number of thiophene rings is 1. The molecule has 1 amide bonds. The van der Waals surface area contributed by atoms with Crippen LogP contribution >= 0.6 is 11.3 Å². The number of anilines is 1. The molecule has 4 rings (SSSR count). The van der Waals surface area contributed by atoms with E-state index in [1.807, 2.05) is 18.3 Å². The van der Waals surface area contributed by atoms with Crippen LogP contribution in [0.15, 0.2) is 35.4 Å². The molecule has 1 N–H and O–H groups in total. The van der Waals surface area contributed by atoms with Gasteiger partial charge < -0.3 is 9.88 Å². The van der Waals surface area contributed by atoms with Crippen LogP contribution in [0.3, 0.4) is 0 Å². The first-order valence-electron chi connectivity index (χ1n) is 9.63. The van der Waals surface area contributed by atoms with E-state index in [9.17, 15) is 14.0 Å². The van der Waals surface area contributed by atoms with E-state index < -0.39 is 6.17 Å². The second-order valence-corrected chi connectivity index (χ2v) is 8.64. The average molecular weight is 415 g/mol. The predicted molar refractivity (Wildman–Crippen MR) is 114 cm³/mol. The van der Waals surface area contributed by atoms with Crippen molar-refractivity contribution in [3.8, 4) is 11.1 Å².